The van der Waals surface area contributed by atoms with E-state index in [4.69, 9.17) is 4.98 Å². The van der Waals surface area contributed by atoms with Crippen molar-refractivity contribution in [2.75, 3.05) is 51.2 Å². The predicted octanol–water partition coefficient (Wildman–Crippen LogP) is 4.51. The number of carbonyl (C=O) groups is 1. The van der Waals surface area contributed by atoms with E-state index in [0.717, 1.165) is 86.7 Å². The van der Waals surface area contributed by atoms with Crippen LogP contribution in [0.1, 0.15) is 39.9 Å². The van der Waals surface area contributed by atoms with E-state index in [1.165, 1.54) is 11.1 Å². The fourth-order valence-corrected chi connectivity index (χ4v) is 5.42. The molecule has 0 bridgehead atoms. The van der Waals surface area contributed by atoms with E-state index in [-0.39, 0.29) is 11.9 Å². The highest BCUT2D eigenvalue weighted by Crippen LogP contribution is 2.26. The summed E-state index contributed by atoms with van der Waals surface area (Å²) in [5.41, 5.74) is 6.57. The highest BCUT2D eigenvalue weighted by Gasteiger charge is 2.23. The smallest absolute Gasteiger partial charge is 0.251 e. The third-order valence-corrected chi connectivity index (χ3v) is 7.91. The molecule has 37 heavy (non-hydrogen) atoms. The van der Waals surface area contributed by atoms with Gasteiger partial charge in [-0.3, -0.25) is 9.69 Å². The van der Waals surface area contributed by atoms with Gasteiger partial charge in [0, 0.05) is 63.6 Å². The minimum atomic E-state index is 0.0357. The topological polar surface area (TPSA) is 51.7 Å². The van der Waals surface area contributed by atoms with Gasteiger partial charge >= 0.3 is 0 Å². The van der Waals surface area contributed by atoms with Crippen LogP contribution in [0.3, 0.4) is 0 Å². The molecule has 1 aromatic heterocycles. The molecule has 0 radical (unpaired) electrons. The summed E-state index contributed by atoms with van der Waals surface area (Å²) in [5.74, 6) is 1.12. The van der Waals surface area contributed by atoms with Gasteiger partial charge in [0.15, 0.2) is 0 Å². The van der Waals surface area contributed by atoms with Gasteiger partial charge in [-0.2, -0.15) is 0 Å². The first-order valence-electron chi connectivity index (χ1n) is 13.5. The number of carbonyl (C=O) groups excluding carboxylic acids is 1. The van der Waals surface area contributed by atoms with Crippen molar-refractivity contribution < 1.29 is 4.79 Å². The number of aryl methyl sites for hydroxylation is 1. The number of nitrogens with zero attached hydrogens (tertiary/aromatic N) is 4. The zero-order valence-electron chi connectivity index (χ0n) is 22.4. The lowest BCUT2D eigenvalue weighted by molar-refractivity contribution is 0.0908. The average Bonchev–Trinajstić information content (AvgIpc) is 2.91. The number of likely N-dealkylation sites (N-methyl/N-ethyl adjacent to an activating group) is 1. The van der Waals surface area contributed by atoms with Crippen molar-refractivity contribution >= 4 is 11.7 Å². The van der Waals surface area contributed by atoms with E-state index in [0.29, 0.717) is 0 Å². The Balaban J connectivity index is 1.13. The standard InChI is InChI=1S/C31H39N5O/c1-23-7-10-26(11-8-23)28-5-4-6-29(24(28)2)31(37)33-27-13-15-35(16-14-27)22-25-9-12-30(32-21-25)36-19-17-34(3)18-20-36/h4-12,21,27H,13-20,22H2,1-3H3,(H,33,37). The van der Waals surface area contributed by atoms with Gasteiger partial charge in [0.2, 0.25) is 0 Å². The summed E-state index contributed by atoms with van der Waals surface area (Å²) in [6, 6.07) is 19.1. The molecule has 0 atom stereocenters. The number of anilines is 1. The molecule has 3 aromatic rings. The highest BCUT2D eigenvalue weighted by molar-refractivity contribution is 5.97. The largest absolute Gasteiger partial charge is 0.354 e. The summed E-state index contributed by atoms with van der Waals surface area (Å²) in [4.78, 5) is 25.1. The van der Waals surface area contributed by atoms with Crippen LogP contribution in [0, 0.1) is 13.8 Å². The zero-order valence-corrected chi connectivity index (χ0v) is 22.4. The fraction of sp³-hybridized carbons (Fsp3) is 0.419. The van der Waals surface area contributed by atoms with Crippen molar-refractivity contribution in [3.05, 3.63) is 83.0 Å². The van der Waals surface area contributed by atoms with Gasteiger partial charge in [0.05, 0.1) is 0 Å². The second-order valence-corrected chi connectivity index (χ2v) is 10.7. The van der Waals surface area contributed by atoms with E-state index < -0.39 is 0 Å². The molecule has 2 aliphatic rings. The van der Waals surface area contributed by atoms with Gasteiger partial charge in [-0.1, -0.05) is 48.0 Å². The van der Waals surface area contributed by atoms with E-state index in [9.17, 15) is 4.79 Å². The quantitative estimate of drug-likeness (QED) is 0.543. The van der Waals surface area contributed by atoms with Crippen LogP contribution in [-0.2, 0) is 6.54 Å². The van der Waals surface area contributed by atoms with Crippen LogP contribution in [-0.4, -0.2) is 73.0 Å². The molecule has 2 aliphatic heterocycles. The first-order chi connectivity index (χ1) is 18.0. The molecule has 2 saturated heterocycles. The Labute approximate surface area is 221 Å². The Hall–Kier alpha value is -3.22. The van der Waals surface area contributed by atoms with Crippen molar-refractivity contribution in [3.8, 4) is 11.1 Å². The SMILES string of the molecule is Cc1ccc(-c2cccc(C(=O)NC3CCN(Cc4ccc(N5CCN(C)CC5)nc4)CC3)c2C)cc1. The van der Waals surface area contributed by atoms with E-state index in [1.807, 2.05) is 18.3 Å². The van der Waals surface area contributed by atoms with Gasteiger partial charge in [0.1, 0.15) is 5.82 Å². The third kappa shape index (κ3) is 6.20. The number of hydrogen-bond acceptors (Lipinski definition) is 5. The maximum absolute atomic E-state index is 13.2. The molecule has 5 rings (SSSR count). The maximum atomic E-state index is 13.2. The van der Waals surface area contributed by atoms with Crippen molar-refractivity contribution in [2.45, 2.75) is 39.3 Å². The summed E-state index contributed by atoms with van der Waals surface area (Å²) in [6.07, 6.45) is 3.97. The normalized spacial score (nSPS) is 17.6. The van der Waals surface area contributed by atoms with Crippen LogP contribution in [0.25, 0.3) is 11.1 Å². The number of aromatic nitrogens is 1. The number of rotatable bonds is 6. The summed E-state index contributed by atoms with van der Waals surface area (Å²) < 4.78 is 0. The molecule has 1 N–H and O–H groups in total. The fourth-order valence-electron chi connectivity index (χ4n) is 5.42. The van der Waals surface area contributed by atoms with Crippen LogP contribution in [0.15, 0.2) is 60.8 Å². The van der Waals surface area contributed by atoms with Crippen molar-refractivity contribution in [3.63, 3.8) is 0 Å². The Morgan fingerprint density at radius 2 is 1.65 bits per heavy atom. The molecule has 0 unspecified atom stereocenters. The Morgan fingerprint density at radius 1 is 0.919 bits per heavy atom. The molecular formula is C31H39N5O. The van der Waals surface area contributed by atoms with Crippen molar-refractivity contribution in [1.82, 2.24) is 20.1 Å². The van der Waals surface area contributed by atoms with Crippen molar-refractivity contribution in [1.29, 1.82) is 0 Å². The lowest BCUT2D eigenvalue weighted by atomic mass is 9.95. The second kappa shape index (κ2) is 11.4. The summed E-state index contributed by atoms with van der Waals surface area (Å²) in [6.45, 7) is 11.3. The molecule has 6 heteroatoms. The number of piperazine rings is 1. The molecule has 2 aromatic carbocycles. The van der Waals surface area contributed by atoms with Crippen LogP contribution < -0.4 is 10.2 Å². The first-order valence-corrected chi connectivity index (χ1v) is 13.5. The lowest BCUT2D eigenvalue weighted by Crippen LogP contribution is -2.45. The van der Waals surface area contributed by atoms with Crippen molar-refractivity contribution in [2.24, 2.45) is 0 Å². The monoisotopic (exact) mass is 497 g/mol. The number of nitrogens with one attached hydrogen (secondary N) is 1. The maximum Gasteiger partial charge on any atom is 0.251 e. The summed E-state index contributed by atoms with van der Waals surface area (Å²) in [5, 5.41) is 3.31. The van der Waals surface area contributed by atoms with Crippen LogP contribution >= 0.6 is 0 Å². The summed E-state index contributed by atoms with van der Waals surface area (Å²) >= 11 is 0. The number of hydrogen-bond donors (Lipinski definition) is 1. The van der Waals surface area contributed by atoms with Crippen LogP contribution in [0.4, 0.5) is 5.82 Å². The molecule has 3 heterocycles. The number of pyridine rings is 1. The van der Waals surface area contributed by atoms with E-state index in [1.54, 1.807) is 0 Å². The summed E-state index contributed by atoms with van der Waals surface area (Å²) in [7, 11) is 2.17. The third-order valence-electron chi connectivity index (χ3n) is 7.91. The number of likely N-dealkylation sites (tertiary alicyclic amines) is 1. The Bertz CT molecular complexity index is 1190. The molecule has 2 fully saturated rings. The highest BCUT2D eigenvalue weighted by atomic mass is 16.1. The Morgan fingerprint density at radius 3 is 2.32 bits per heavy atom. The molecule has 0 saturated carbocycles. The lowest BCUT2D eigenvalue weighted by Gasteiger charge is -2.34. The van der Waals surface area contributed by atoms with Crippen LogP contribution in [0.2, 0.25) is 0 Å². The zero-order chi connectivity index (χ0) is 25.8. The average molecular weight is 498 g/mol. The van der Waals surface area contributed by atoms with Crippen LogP contribution in [0.5, 0.6) is 0 Å². The molecule has 1 amide bonds. The molecule has 6 nitrogen and oxygen atoms in total. The number of benzene rings is 2. The predicted molar refractivity (Wildman–Crippen MR) is 151 cm³/mol. The van der Waals surface area contributed by atoms with E-state index >= 15 is 0 Å². The van der Waals surface area contributed by atoms with Gasteiger partial charge in [0.25, 0.3) is 5.91 Å². The van der Waals surface area contributed by atoms with Gasteiger partial charge in [-0.05, 0) is 68.1 Å². The minimum Gasteiger partial charge on any atom is -0.354 e. The molecular weight excluding hydrogens is 458 g/mol. The minimum absolute atomic E-state index is 0.0357. The van der Waals surface area contributed by atoms with Gasteiger partial charge in [-0.25, -0.2) is 4.98 Å². The molecule has 194 valence electrons. The first kappa shape index (κ1) is 25.4. The molecule has 0 aliphatic carbocycles. The molecule has 0 spiro atoms. The van der Waals surface area contributed by atoms with Gasteiger partial charge < -0.3 is 15.1 Å². The number of piperidine rings is 1. The van der Waals surface area contributed by atoms with Gasteiger partial charge in [-0.15, -0.1) is 0 Å². The Kier molecular flexibility index (Phi) is 7.87. The second-order valence-electron chi connectivity index (χ2n) is 10.7. The number of amides is 1. The van der Waals surface area contributed by atoms with E-state index in [2.05, 4.69) is 83.4 Å².